The van der Waals surface area contributed by atoms with Crippen molar-refractivity contribution in [3.63, 3.8) is 0 Å². The van der Waals surface area contributed by atoms with E-state index >= 15 is 0 Å². The number of hydrogen-bond donors (Lipinski definition) is 2. The molecule has 0 aliphatic carbocycles. The van der Waals surface area contributed by atoms with Gasteiger partial charge in [-0.3, -0.25) is 14.5 Å². The summed E-state index contributed by atoms with van der Waals surface area (Å²) >= 11 is 1.62. The second-order valence-electron chi connectivity index (χ2n) is 7.98. The van der Waals surface area contributed by atoms with Gasteiger partial charge in [0.1, 0.15) is 0 Å². The first kappa shape index (κ1) is 20.1. The second-order valence-corrected chi connectivity index (χ2v) is 8.96. The molecule has 2 heterocycles. The number of urea groups is 1. The Bertz CT molecular complexity index is 838. The highest BCUT2D eigenvalue weighted by Gasteiger charge is 2.29. The number of nitrogens with zero attached hydrogens (tertiary/aromatic N) is 1. The van der Waals surface area contributed by atoms with Gasteiger partial charge in [-0.1, -0.05) is 39.0 Å². The number of benzene rings is 1. The third-order valence-corrected chi connectivity index (χ3v) is 5.61. The summed E-state index contributed by atoms with van der Waals surface area (Å²) < 4.78 is 0. The van der Waals surface area contributed by atoms with Gasteiger partial charge in [0.05, 0.1) is 12.6 Å². The van der Waals surface area contributed by atoms with Gasteiger partial charge >= 0.3 is 6.03 Å². The lowest BCUT2D eigenvalue weighted by Crippen LogP contribution is -2.38. The van der Waals surface area contributed by atoms with Gasteiger partial charge in [-0.25, -0.2) is 4.79 Å². The molecule has 1 aromatic heterocycles. The van der Waals surface area contributed by atoms with Crippen LogP contribution >= 0.6 is 11.3 Å². The second kappa shape index (κ2) is 8.14. The molecule has 2 aromatic rings. The standard InChI is InChI=1S/C21H25N3O3S/c1-21(2,3)19(16-5-4-12-28-16)23-20(27)22-15-8-6-14(7-9-15)13-24-17(25)10-11-18(24)26/h4-9,12,19H,10-11,13H2,1-3H3,(H2,22,23,27)/t19-/m0/s1. The maximum atomic E-state index is 12.5. The Morgan fingerprint density at radius 1 is 1.11 bits per heavy atom. The minimum Gasteiger partial charge on any atom is -0.330 e. The van der Waals surface area contributed by atoms with Crippen molar-refractivity contribution in [2.45, 2.75) is 46.2 Å². The van der Waals surface area contributed by atoms with Crippen LogP contribution in [0.15, 0.2) is 41.8 Å². The van der Waals surface area contributed by atoms with E-state index in [1.54, 1.807) is 23.5 Å². The van der Waals surface area contributed by atoms with E-state index in [0.717, 1.165) is 10.4 Å². The fraction of sp³-hybridized carbons (Fsp3) is 0.381. The molecular formula is C21H25N3O3S. The molecule has 1 fully saturated rings. The lowest BCUT2D eigenvalue weighted by atomic mass is 9.86. The average molecular weight is 400 g/mol. The van der Waals surface area contributed by atoms with Gasteiger partial charge in [-0.2, -0.15) is 0 Å². The normalized spacial score (nSPS) is 15.6. The van der Waals surface area contributed by atoms with Crippen LogP contribution in [0.4, 0.5) is 10.5 Å². The molecule has 1 aromatic carbocycles. The summed E-state index contributed by atoms with van der Waals surface area (Å²) in [6.45, 7) is 6.54. The van der Waals surface area contributed by atoms with Gasteiger partial charge < -0.3 is 10.6 Å². The number of carbonyl (C=O) groups excluding carboxylic acids is 3. The minimum atomic E-state index is -0.272. The monoisotopic (exact) mass is 399 g/mol. The lowest BCUT2D eigenvalue weighted by molar-refractivity contribution is -0.139. The molecule has 0 bridgehead atoms. The molecule has 1 aliphatic heterocycles. The van der Waals surface area contributed by atoms with Crippen molar-refractivity contribution in [3.05, 3.63) is 52.2 Å². The highest BCUT2D eigenvalue weighted by molar-refractivity contribution is 7.10. The van der Waals surface area contributed by atoms with Gasteiger partial charge in [-0.05, 0) is 34.6 Å². The number of imide groups is 1. The van der Waals surface area contributed by atoms with Gasteiger partial charge in [0.25, 0.3) is 0 Å². The largest absolute Gasteiger partial charge is 0.330 e. The van der Waals surface area contributed by atoms with E-state index < -0.39 is 0 Å². The smallest absolute Gasteiger partial charge is 0.319 e. The average Bonchev–Trinajstić information content (AvgIpc) is 3.26. The Hall–Kier alpha value is -2.67. The van der Waals surface area contributed by atoms with Crippen LogP contribution in [0, 0.1) is 5.41 Å². The summed E-state index contributed by atoms with van der Waals surface area (Å²) in [5.41, 5.74) is 1.38. The van der Waals surface area contributed by atoms with Gasteiger partial charge in [-0.15, -0.1) is 11.3 Å². The summed E-state index contributed by atoms with van der Waals surface area (Å²) in [4.78, 5) is 38.3. The Labute approximate surface area is 168 Å². The van der Waals surface area contributed by atoms with Crippen LogP contribution in [-0.2, 0) is 16.1 Å². The van der Waals surface area contributed by atoms with Crippen LogP contribution < -0.4 is 10.6 Å². The molecule has 1 aliphatic rings. The molecule has 3 rings (SSSR count). The number of likely N-dealkylation sites (tertiary alicyclic amines) is 1. The summed E-state index contributed by atoms with van der Waals surface area (Å²) in [5, 5.41) is 7.91. The Morgan fingerprint density at radius 2 is 1.75 bits per heavy atom. The molecule has 28 heavy (non-hydrogen) atoms. The van der Waals surface area contributed by atoms with E-state index in [1.807, 2.05) is 29.6 Å². The molecule has 2 N–H and O–H groups in total. The highest BCUT2D eigenvalue weighted by Crippen LogP contribution is 2.35. The maximum absolute atomic E-state index is 12.5. The molecule has 4 amide bonds. The predicted molar refractivity (Wildman–Crippen MR) is 110 cm³/mol. The van der Waals surface area contributed by atoms with Crippen molar-refractivity contribution in [2.24, 2.45) is 5.41 Å². The SMILES string of the molecule is CC(C)(C)[C@@H](NC(=O)Nc1ccc(CN2C(=O)CCC2=O)cc1)c1cccs1. The Balaban J connectivity index is 1.61. The van der Waals surface area contributed by atoms with Gasteiger partial charge in [0.15, 0.2) is 0 Å². The van der Waals surface area contributed by atoms with Crippen molar-refractivity contribution in [3.8, 4) is 0 Å². The third kappa shape index (κ3) is 4.78. The predicted octanol–water partition coefficient (Wildman–Crippen LogP) is 4.31. The fourth-order valence-corrected chi connectivity index (χ4v) is 4.16. The number of anilines is 1. The number of thiophene rings is 1. The van der Waals surface area contributed by atoms with E-state index in [2.05, 4.69) is 31.4 Å². The van der Waals surface area contributed by atoms with Crippen LogP contribution in [0.5, 0.6) is 0 Å². The molecule has 148 valence electrons. The molecule has 1 saturated heterocycles. The maximum Gasteiger partial charge on any atom is 0.319 e. The first-order chi connectivity index (χ1) is 13.2. The quantitative estimate of drug-likeness (QED) is 0.736. The first-order valence-corrected chi connectivity index (χ1v) is 10.1. The Kier molecular flexibility index (Phi) is 5.84. The summed E-state index contributed by atoms with van der Waals surface area (Å²) in [6, 6.07) is 10.8. The topological polar surface area (TPSA) is 78.5 Å². The third-order valence-electron chi connectivity index (χ3n) is 4.68. The molecule has 0 spiro atoms. The molecule has 0 unspecified atom stereocenters. The van der Waals surface area contributed by atoms with Crippen LogP contribution in [0.25, 0.3) is 0 Å². The van der Waals surface area contributed by atoms with Crippen LogP contribution in [0.2, 0.25) is 0 Å². The molecule has 6 nitrogen and oxygen atoms in total. The van der Waals surface area contributed by atoms with E-state index in [4.69, 9.17) is 0 Å². The van der Waals surface area contributed by atoms with Gasteiger partial charge in [0, 0.05) is 23.4 Å². The zero-order valence-corrected chi connectivity index (χ0v) is 17.1. The molecule has 1 atom stereocenters. The molecular weight excluding hydrogens is 374 g/mol. The number of hydrogen-bond acceptors (Lipinski definition) is 4. The van der Waals surface area contributed by atoms with Crippen molar-refractivity contribution in [2.75, 3.05) is 5.32 Å². The molecule has 0 saturated carbocycles. The van der Waals surface area contributed by atoms with Crippen LogP contribution in [0.1, 0.15) is 50.1 Å². The lowest BCUT2D eigenvalue weighted by Gasteiger charge is -2.30. The zero-order chi connectivity index (χ0) is 20.3. The number of amides is 4. The van der Waals surface area contributed by atoms with Gasteiger partial charge in [0.2, 0.25) is 11.8 Å². The number of rotatable bonds is 5. The zero-order valence-electron chi connectivity index (χ0n) is 16.3. The number of carbonyl (C=O) groups is 3. The molecule has 0 radical (unpaired) electrons. The van der Waals surface area contributed by atoms with E-state index in [9.17, 15) is 14.4 Å². The van der Waals surface area contributed by atoms with E-state index in [-0.39, 0.29) is 48.7 Å². The Morgan fingerprint density at radius 3 is 2.29 bits per heavy atom. The van der Waals surface area contributed by atoms with Crippen molar-refractivity contribution in [1.82, 2.24) is 10.2 Å². The van der Waals surface area contributed by atoms with Crippen LogP contribution in [-0.4, -0.2) is 22.7 Å². The van der Waals surface area contributed by atoms with Crippen molar-refractivity contribution in [1.29, 1.82) is 0 Å². The van der Waals surface area contributed by atoms with E-state index in [0.29, 0.717) is 5.69 Å². The van der Waals surface area contributed by atoms with Crippen molar-refractivity contribution < 1.29 is 14.4 Å². The van der Waals surface area contributed by atoms with Crippen molar-refractivity contribution >= 4 is 34.9 Å². The fourth-order valence-electron chi connectivity index (χ4n) is 3.14. The first-order valence-electron chi connectivity index (χ1n) is 9.27. The minimum absolute atomic E-state index is 0.0982. The highest BCUT2D eigenvalue weighted by atomic mass is 32.1. The number of nitrogens with one attached hydrogen (secondary N) is 2. The summed E-state index contributed by atoms with van der Waals surface area (Å²) in [6.07, 6.45) is 0.579. The molecule has 7 heteroatoms. The summed E-state index contributed by atoms with van der Waals surface area (Å²) in [7, 11) is 0. The van der Waals surface area contributed by atoms with E-state index in [1.165, 1.54) is 4.90 Å². The van der Waals surface area contributed by atoms with Crippen LogP contribution in [0.3, 0.4) is 0 Å². The summed E-state index contributed by atoms with van der Waals surface area (Å²) in [5.74, 6) is -0.262.